The van der Waals surface area contributed by atoms with Crippen molar-refractivity contribution in [2.45, 2.75) is 26.2 Å². The molecule has 1 N–H and O–H groups in total. The summed E-state index contributed by atoms with van der Waals surface area (Å²) in [6.45, 7) is 2.12. The summed E-state index contributed by atoms with van der Waals surface area (Å²) in [5, 5.41) is 10.5. The minimum absolute atomic E-state index is 0.0222. The summed E-state index contributed by atoms with van der Waals surface area (Å²) >= 11 is 0. The molecular weight excluding hydrogens is 296 g/mol. The van der Waals surface area contributed by atoms with E-state index in [9.17, 15) is 14.7 Å². The van der Waals surface area contributed by atoms with Crippen LogP contribution in [0.3, 0.4) is 0 Å². The molecule has 2 atom stereocenters. The van der Waals surface area contributed by atoms with Gasteiger partial charge in [0.2, 0.25) is 0 Å². The van der Waals surface area contributed by atoms with Gasteiger partial charge in [0.1, 0.15) is 0 Å². The summed E-state index contributed by atoms with van der Waals surface area (Å²) in [6, 6.07) is 3.53. The molecule has 0 saturated heterocycles. The van der Waals surface area contributed by atoms with Crippen molar-refractivity contribution >= 4 is 17.3 Å². The maximum atomic E-state index is 12.3. The highest BCUT2D eigenvalue weighted by molar-refractivity contribution is 6.01. The first kappa shape index (κ1) is 15.6. The fourth-order valence-electron chi connectivity index (χ4n) is 3.63. The zero-order valence-corrected chi connectivity index (χ0v) is 13.3. The molecule has 0 aromatic heterocycles. The van der Waals surface area contributed by atoms with Crippen molar-refractivity contribution in [3.8, 4) is 11.5 Å². The van der Waals surface area contributed by atoms with E-state index in [0.717, 1.165) is 11.1 Å². The number of esters is 1. The standard InChI is InChI=1S/C18H20O5/c1-3-23-18(21)14-8-10-4-7-15(22-2)17(20)16(10)13-9-11(19)5-6-12(13)14/h4,7,9,12,14,20H,3,5-6,8H2,1-2H3/t12-,14-/m0/s1. The van der Waals surface area contributed by atoms with Crippen molar-refractivity contribution in [3.63, 3.8) is 0 Å². The van der Waals surface area contributed by atoms with Gasteiger partial charge in [0.05, 0.1) is 19.6 Å². The third kappa shape index (κ3) is 2.60. The van der Waals surface area contributed by atoms with E-state index in [0.29, 0.717) is 37.2 Å². The second-order valence-corrected chi connectivity index (χ2v) is 5.92. The van der Waals surface area contributed by atoms with Crippen LogP contribution in [0.25, 0.3) is 5.57 Å². The number of fused-ring (bicyclic) bond motifs is 3. The molecule has 0 aliphatic heterocycles. The molecule has 122 valence electrons. The first-order chi connectivity index (χ1) is 11.1. The lowest BCUT2D eigenvalue weighted by molar-refractivity contribution is -0.149. The molecule has 23 heavy (non-hydrogen) atoms. The Labute approximate surface area is 134 Å². The molecule has 0 amide bonds. The smallest absolute Gasteiger partial charge is 0.309 e. The number of benzene rings is 1. The maximum absolute atomic E-state index is 12.3. The van der Waals surface area contributed by atoms with E-state index in [-0.39, 0.29) is 29.3 Å². The number of hydrogen-bond acceptors (Lipinski definition) is 5. The molecule has 5 heteroatoms. The van der Waals surface area contributed by atoms with Crippen LogP contribution in [-0.4, -0.2) is 30.6 Å². The van der Waals surface area contributed by atoms with E-state index in [1.165, 1.54) is 7.11 Å². The number of phenolic OH excluding ortho intramolecular Hbond substituents is 1. The Hall–Kier alpha value is -2.30. The van der Waals surface area contributed by atoms with E-state index in [1.54, 1.807) is 19.1 Å². The zero-order chi connectivity index (χ0) is 16.6. The predicted molar refractivity (Wildman–Crippen MR) is 84.2 cm³/mol. The molecule has 0 spiro atoms. The molecule has 1 aromatic rings. The Balaban J connectivity index is 2.13. The summed E-state index contributed by atoms with van der Waals surface area (Å²) in [5.41, 5.74) is 2.22. The van der Waals surface area contributed by atoms with Gasteiger partial charge in [-0.25, -0.2) is 0 Å². The summed E-state index contributed by atoms with van der Waals surface area (Å²) in [5.74, 6) is -0.214. The van der Waals surface area contributed by atoms with Gasteiger partial charge in [-0.3, -0.25) is 9.59 Å². The van der Waals surface area contributed by atoms with Crippen LogP contribution < -0.4 is 4.74 Å². The zero-order valence-electron chi connectivity index (χ0n) is 13.3. The van der Waals surface area contributed by atoms with E-state index in [2.05, 4.69) is 0 Å². The molecule has 2 aliphatic rings. The number of aromatic hydroxyl groups is 1. The highest BCUT2D eigenvalue weighted by Crippen LogP contribution is 2.49. The Bertz CT molecular complexity index is 689. The number of carbonyl (C=O) groups is 2. The third-order valence-electron chi connectivity index (χ3n) is 4.67. The van der Waals surface area contributed by atoms with E-state index >= 15 is 0 Å². The minimum atomic E-state index is -0.311. The summed E-state index contributed by atoms with van der Waals surface area (Å²) in [4.78, 5) is 24.2. The average molecular weight is 316 g/mol. The molecule has 2 aliphatic carbocycles. The van der Waals surface area contributed by atoms with Gasteiger partial charge in [-0.2, -0.15) is 0 Å². The number of phenols is 1. The van der Waals surface area contributed by atoms with Gasteiger partial charge in [-0.1, -0.05) is 6.07 Å². The maximum Gasteiger partial charge on any atom is 0.309 e. The average Bonchev–Trinajstić information content (AvgIpc) is 2.54. The molecule has 0 fully saturated rings. The lowest BCUT2D eigenvalue weighted by Crippen LogP contribution is -2.34. The van der Waals surface area contributed by atoms with Crippen molar-refractivity contribution in [2.75, 3.05) is 13.7 Å². The van der Waals surface area contributed by atoms with Crippen molar-refractivity contribution in [1.82, 2.24) is 0 Å². The van der Waals surface area contributed by atoms with Crippen LogP contribution in [0.5, 0.6) is 11.5 Å². The minimum Gasteiger partial charge on any atom is -0.504 e. The van der Waals surface area contributed by atoms with Crippen LogP contribution in [0.15, 0.2) is 18.2 Å². The lowest BCUT2D eigenvalue weighted by atomic mass is 9.68. The van der Waals surface area contributed by atoms with Gasteiger partial charge in [-0.05, 0) is 49.0 Å². The van der Waals surface area contributed by atoms with Gasteiger partial charge in [0.15, 0.2) is 17.3 Å². The van der Waals surface area contributed by atoms with Crippen LogP contribution in [0.1, 0.15) is 30.9 Å². The summed E-state index contributed by atoms with van der Waals surface area (Å²) in [7, 11) is 1.49. The predicted octanol–water partition coefficient (Wildman–Crippen LogP) is 2.50. The Morgan fingerprint density at radius 1 is 1.39 bits per heavy atom. The van der Waals surface area contributed by atoms with Crippen LogP contribution in [-0.2, 0) is 20.7 Å². The SMILES string of the molecule is CCOC(=O)[C@H]1Cc2ccc(OC)c(O)c2C2=CC(=O)CC[C@@H]21. The van der Waals surface area contributed by atoms with Crippen LogP contribution in [0, 0.1) is 11.8 Å². The van der Waals surface area contributed by atoms with Crippen LogP contribution in [0.4, 0.5) is 0 Å². The van der Waals surface area contributed by atoms with Gasteiger partial charge >= 0.3 is 5.97 Å². The number of ketones is 1. The number of carbonyl (C=O) groups excluding carboxylic acids is 2. The van der Waals surface area contributed by atoms with Crippen molar-refractivity contribution < 1.29 is 24.2 Å². The Morgan fingerprint density at radius 2 is 2.17 bits per heavy atom. The molecule has 0 saturated carbocycles. The summed E-state index contributed by atoms with van der Waals surface area (Å²) < 4.78 is 10.4. The second-order valence-electron chi connectivity index (χ2n) is 5.92. The van der Waals surface area contributed by atoms with Gasteiger partial charge < -0.3 is 14.6 Å². The van der Waals surface area contributed by atoms with Crippen LogP contribution in [0.2, 0.25) is 0 Å². The molecule has 0 radical (unpaired) electrons. The van der Waals surface area contributed by atoms with Crippen LogP contribution >= 0.6 is 0 Å². The first-order valence-corrected chi connectivity index (χ1v) is 7.87. The van der Waals surface area contributed by atoms with E-state index in [1.807, 2.05) is 6.07 Å². The fourth-order valence-corrected chi connectivity index (χ4v) is 3.63. The number of rotatable bonds is 3. The molecule has 0 heterocycles. The van der Waals surface area contributed by atoms with Crippen molar-refractivity contribution in [2.24, 2.45) is 11.8 Å². The third-order valence-corrected chi connectivity index (χ3v) is 4.67. The fraction of sp³-hybridized carbons (Fsp3) is 0.444. The van der Waals surface area contributed by atoms with Crippen molar-refractivity contribution in [1.29, 1.82) is 0 Å². The number of hydrogen-bond donors (Lipinski definition) is 1. The van der Waals surface area contributed by atoms with Crippen molar-refractivity contribution in [3.05, 3.63) is 29.3 Å². The largest absolute Gasteiger partial charge is 0.504 e. The topological polar surface area (TPSA) is 72.8 Å². The lowest BCUT2D eigenvalue weighted by Gasteiger charge is -2.36. The van der Waals surface area contributed by atoms with E-state index in [4.69, 9.17) is 9.47 Å². The molecule has 3 rings (SSSR count). The number of allylic oxidation sites excluding steroid dienone is 2. The number of ether oxygens (including phenoxy) is 2. The normalized spacial score (nSPS) is 22.7. The molecule has 0 unspecified atom stereocenters. The number of methoxy groups -OCH3 is 1. The molecule has 0 bridgehead atoms. The van der Waals surface area contributed by atoms with E-state index < -0.39 is 0 Å². The Morgan fingerprint density at radius 3 is 2.87 bits per heavy atom. The summed E-state index contributed by atoms with van der Waals surface area (Å²) in [6.07, 6.45) is 3.09. The molecule has 5 nitrogen and oxygen atoms in total. The van der Waals surface area contributed by atoms with Gasteiger partial charge in [-0.15, -0.1) is 0 Å². The highest BCUT2D eigenvalue weighted by Gasteiger charge is 2.41. The molecular formula is C18H20O5. The van der Waals surface area contributed by atoms with Gasteiger partial charge in [0.25, 0.3) is 0 Å². The highest BCUT2D eigenvalue weighted by atomic mass is 16.5. The second kappa shape index (κ2) is 6.07. The first-order valence-electron chi connectivity index (χ1n) is 7.87. The van der Waals surface area contributed by atoms with Gasteiger partial charge in [0, 0.05) is 12.0 Å². The quantitative estimate of drug-likeness (QED) is 0.867. The molecule has 1 aromatic carbocycles. The monoisotopic (exact) mass is 316 g/mol. The Kier molecular flexibility index (Phi) is 4.11.